The van der Waals surface area contributed by atoms with Gasteiger partial charge in [0, 0.05) is 22.7 Å². The Balaban J connectivity index is 1.47. The summed E-state index contributed by atoms with van der Waals surface area (Å²) in [5.74, 6) is 0.155. The maximum atomic E-state index is 12.2. The van der Waals surface area contributed by atoms with E-state index in [0.717, 1.165) is 28.2 Å². The zero-order valence-corrected chi connectivity index (χ0v) is 15.8. The van der Waals surface area contributed by atoms with Crippen molar-refractivity contribution in [3.63, 3.8) is 0 Å². The number of fused-ring (bicyclic) bond motifs is 3. The molecule has 4 rings (SSSR count). The standard InChI is InChI=1S/C21H17NO5S/c1-28(24,25)16-6-4-5-14(11-16)22-21(23)13-26-15-9-10-20-18(12-15)17-7-2-3-8-19(17)27-20/h2-12H,13H2,1H3,(H,22,23). The van der Waals surface area contributed by atoms with Gasteiger partial charge in [-0.05, 0) is 42.5 Å². The molecule has 4 aromatic rings. The molecular formula is C21H17NO5S. The summed E-state index contributed by atoms with van der Waals surface area (Å²) in [5, 5.41) is 4.53. The highest BCUT2D eigenvalue weighted by Crippen LogP contribution is 2.31. The summed E-state index contributed by atoms with van der Waals surface area (Å²) in [6.45, 7) is -0.204. The molecule has 6 nitrogen and oxygen atoms in total. The number of furan rings is 1. The van der Waals surface area contributed by atoms with Crippen molar-refractivity contribution in [1.29, 1.82) is 0 Å². The summed E-state index contributed by atoms with van der Waals surface area (Å²) < 4.78 is 34.6. The molecule has 0 aliphatic heterocycles. The Morgan fingerprint density at radius 2 is 1.75 bits per heavy atom. The summed E-state index contributed by atoms with van der Waals surface area (Å²) in [7, 11) is -3.34. The lowest BCUT2D eigenvalue weighted by molar-refractivity contribution is -0.118. The molecule has 1 amide bonds. The Morgan fingerprint density at radius 1 is 0.964 bits per heavy atom. The molecule has 142 valence electrons. The van der Waals surface area contributed by atoms with Crippen molar-refractivity contribution in [1.82, 2.24) is 0 Å². The molecule has 0 saturated heterocycles. The van der Waals surface area contributed by atoms with Crippen LogP contribution in [0.25, 0.3) is 21.9 Å². The van der Waals surface area contributed by atoms with Crippen LogP contribution in [0.2, 0.25) is 0 Å². The van der Waals surface area contributed by atoms with Gasteiger partial charge in [0.15, 0.2) is 16.4 Å². The lowest BCUT2D eigenvalue weighted by atomic mass is 10.1. The summed E-state index contributed by atoms with van der Waals surface area (Å²) in [6, 6.07) is 19.2. The Morgan fingerprint density at radius 3 is 2.57 bits per heavy atom. The number of ether oxygens (including phenoxy) is 1. The molecule has 0 saturated carbocycles. The number of nitrogens with one attached hydrogen (secondary N) is 1. The zero-order valence-electron chi connectivity index (χ0n) is 15.0. The van der Waals surface area contributed by atoms with Crippen LogP contribution >= 0.6 is 0 Å². The van der Waals surface area contributed by atoms with Crippen molar-refractivity contribution >= 4 is 43.4 Å². The second-order valence-electron chi connectivity index (χ2n) is 6.39. The van der Waals surface area contributed by atoms with Crippen molar-refractivity contribution in [3.8, 4) is 5.75 Å². The maximum absolute atomic E-state index is 12.2. The van der Waals surface area contributed by atoms with Gasteiger partial charge >= 0.3 is 0 Å². The quantitative estimate of drug-likeness (QED) is 0.552. The van der Waals surface area contributed by atoms with E-state index in [1.807, 2.05) is 30.3 Å². The van der Waals surface area contributed by atoms with Crippen LogP contribution in [0.5, 0.6) is 5.75 Å². The molecule has 0 fully saturated rings. The molecule has 3 aromatic carbocycles. The molecular weight excluding hydrogens is 378 g/mol. The predicted octanol–water partition coefficient (Wildman–Crippen LogP) is 4.01. The number of carbonyl (C=O) groups is 1. The fraction of sp³-hybridized carbons (Fsp3) is 0.0952. The SMILES string of the molecule is CS(=O)(=O)c1cccc(NC(=O)COc2ccc3oc4ccccc4c3c2)c1. The molecule has 1 aromatic heterocycles. The van der Waals surface area contributed by atoms with Crippen LogP contribution in [-0.4, -0.2) is 27.2 Å². The highest BCUT2D eigenvalue weighted by Gasteiger charge is 2.11. The number of anilines is 1. The number of carbonyl (C=O) groups excluding carboxylic acids is 1. The van der Waals surface area contributed by atoms with E-state index in [1.165, 1.54) is 12.1 Å². The second kappa shape index (κ2) is 7.01. The van der Waals surface area contributed by atoms with Crippen molar-refractivity contribution in [2.24, 2.45) is 0 Å². The lowest BCUT2D eigenvalue weighted by Crippen LogP contribution is -2.20. The van der Waals surface area contributed by atoms with Crippen LogP contribution in [0.1, 0.15) is 0 Å². The summed E-state index contributed by atoms with van der Waals surface area (Å²) in [4.78, 5) is 12.3. The van der Waals surface area contributed by atoms with Gasteiger partial charge in [-0.3, -0.25) is 4.79 Å². The first-order chi connectivity index (χ1) is 13.4. The number of para-hydroxylation sites is 1. The summed E-state index contributed by atoms with van der Waals surface area (Å²) >= 11 is 0. The number of rotatable bonds is 5. The van der Waals surface area contributed by atoms with E-state index in [-0.39, 0.29) is 17.4 Å². The highest BCUT2D eigenvalue weighted by molar-refractivity contribution is 7.90. The van der Waals surface area contributed by atoms with E-state index in [2.05, 4.69) is 5.32 Å². The van der Waals surface area contributed by atoms with Gasteiger partial charge in [0.05, 0.1) is 4.90 Å². The Labute approximate surface area is 161 Å². The smallest absolute Gasteiger partial charge is 0.262 e. The van der Waals surface area contributed by atoms with Gasteiger partial charge in [0.2, 0.25) is 0 Å². The summed E-state index contributed by atoms with van der Waals surface area (Å²) in [5.41, 5.74) is 1.93. The normalized spacial score (nSPS) is 11.6. The number of hydrogen-bond donors (Lipinski definition) is 1. The maximum Gasteiger partial charge on any atom is 0.262 e. The molecule has 0 aliphatic rings. The van der Waals surface area contributed by atoms with Crippen LogP contribution < -0.4 is 10.1 Å². The monoisotopic (exact) mass is 395 g/mol. The van der Waals surface area contributed by atoms with E-state index >= 15 is 0 Å². The van der Waals surface area contributed by atoms with Gasteiger partial charge in [-0.25, -0.2) is 8.42 Å². The van der Waals surface area contributed by atoms with E-state index in [1.54, 1.807) is 24.3 Å². The largest absolute Gasteiger partial charge is 0.484 e. The number of hydrogen-bond acceptors (Lipinski definition) is 5. The average Bonchev–Trinajstić information content (AvgIpc) is 3.04. The topological polar surface area (TPSA) is 85.6 Å². The minimum Gasteiger partial charge on any atom is -0.484 e. The number of amides is 1. The zero-order chi connectivity index (χ0) is 19.7. The third-order valence-corrected chi connectivity index (χ3v) is 5.37. The van der Waals surface area contributed by atoms with Gasteiger partial charge < -0.3 is 14.5 Å². The fourth-order valence-corrected chi connectivity index (χ4v) is 3.61. The van der Waals surface area contributed by atoms with E-state index in [4.69, 9.17) is 9.15 Å². The fourth-order valence-electron chi connectivity index (χ4n) is 2.95. The van der Waals surface area contributed by atoms with Gasteiger partial charge in [-0.2, -0.15) is 0 Å². The molecule has 0 spiro atoms. The lowest BCUT2D eigenvalue weighted by Gasteiger charge is -2.08. The Bertz CT molecular complexity index is 1290. The first-order valence-electron chi connectivity index (χ1n) is 8.54. The molecule has 0 radical (unpaired) electrons. The molecule has 0 bridgehead atoms. The van der Waals surface area contributed by atoms with Crippen molar-refractivity contribution in [2.45, 2.75) is 4.90 Å². The molecule has 28 heavy (non-hydrogen) atoms. The van der Waals surface area contributed by atoms with E-state index < -0.39 is 9.84 Å². The molecule has 0 aliphatic carbocycles. The first-order valence-corrected chi connectivity index (χ1v) is 10.4. The Kier molecular flexibility index (Phi) is 4.52. The minimum atomic E-state index is -3.34. The third kappa shape index (κ3) is 3.70. The van der Waals surface area contributed by atoms with Crippen molar-refractivity contribution in [3.05, 3.63) is 66.7 Å². The average molecular weight is 395 g/mol. The molecule has 1 heterocycles. The summed E-state index contributed by atoms with van der Waals surface area (Å²) in [6.07, 6.45) is 1.12. The minimum absolute atomic E-state index is 0.142. The second-order valence-corrected chi connectivity index (χ2v) is 8.41. The van der Waals surface area contributed by atoms with E-state index in [9.17, 15) is 13.2 Å². The van der Waals surface area contributed by atoms with E-state index in [0.29, 0.717) is 11.4 Å². The van der Waals surface area contributed by atoms with Gasteiger partial charge in [0.25, 0.3) is 5.91 Å². The van der Waals surface area contributed by atoms with Crippen LogP contribution in [0, 0.1) is 0 Å². The van der Waals surface area contributed by atoms with Crippen molar-refractivity contribution < 1.29 is 22.4 Å². The molecule has 0 atom stereocenters. The molecule has 1 N–H and O–H groups in total. The molecule has 0 unspecified atom stereocenters. The highest BCUT2D eigenvalue weighted by atomic mass is 32.2. The van der Waals surface area contributed by atoms with Crippen LogP contribution in [-0.2, 0) is 14.6 Å². The van der Waals surface area contributed by atoms with Gasteiger partial charge in [0.1, 0.15) is 16.9 Å². The van der Waals surface area contributed by atoms with Crippen LogP contribution in [0.4, 0.5) is 5.69 Å². The van der Waals surface area contributed by atoms with Crippen molar-refractivity contribution in [2.75, 3.05) is 18.2 Å². The van der Waals surface area contributed by atoms with Gasteiger partial charge in [-0.1, -0.05) is 24.3 Å². The first kappa shape index (κ1) is 18.1. The third-order valence-electron chi connectivity index (χ3n) is 4.26. The predicted molar refractivity (Wildman–Crippen MR) is 107 cm³/mol. The van der Waals surface area contributed by atoms with Crippen LogP contribution in [0.15, 0.2) is 76.0 Å². The number of sulfone groups is 1. The van der Waals surface area contributed by atoms with Crippen LogP contribution in [0.3, 0.4) is 0 Å². The van der Waals surface area contributed by atoms with Gasteiger partial charge in [-0.15, -0.1) is 0 Å². The number of benzene rings is 3. The molecule has 7 heteroatoms. The Hall–Kier alpha value is -3.32.